The van der Waals surface area contributed by atoms with E-state index in [0.29, 0.717) is 16.3 Å². The Morgan fingerprint density at radius 3 is 2.52 bits per heavy atom. The third-order valence-corrected chi connectivity index (χ3v) is 10.4. The number of nitrogens with one attached hydrogen (secondary N) is 1. The molecule has 0 saturated carbocycles. The summed E-state index contributed by atoms with van der Waals surface area (Å²) in [6.45, 7) is 3.15. The quantitative estimate of drug-likeness (QED) is 0.0251. The fourth-order valence-corrected chi connectivity index (χ4v) is 8.03. The predicted molar refractivity (Wildman–Crippen MR) is 176 cm³/mol. The molecule has 2 atom stereocenters. The van der Waals surface area contributed by atoms with Crippen molar-refractivity contribution in [1.29, 1.82) is 0 Å². The highest BCUT2D eigenvalue weighted by molar-refractivity contribution is 8.01. The largest absolute Gasteiger partial charge is 0.504 e. The lowest BCUT2D eigenvalue weighted by Gasteiger charge is -2.49. The highest BCUT2D eigenvalue weighted by Gasteiger charge is 2.54. The summed E-state index contributed by atoms with van der Waals surface area (Å²) in [6.07, 6.45) is 0. The molecule has 4 aromatic rings. The van der Waals surface area contributed by atoms with Crippen LogP contribution < -0.4 is 11.1 Å². The van der Waals surface area contributed by atoms with Gasteiger partial charge in [0.05, 0.1) is 5.56 Å². The number of nitrogens with two attached hydrogens (primary N) is 1. The number of β-lactam (4-membered cyclic amide) rings is 1. The number of phenolic OH excluding ortho intramolecular Hbond substituents is 2. The lowest BCUT2D eigenvalue weighted by atomic mass is 10.0. The van der Waals surface area contributed by atoms with Gasteiger partial charge in [0.2, 0.25) is 0 Å². The van der Waals surface area contributed by atoms with Crippen molar-refractivity contribution in [2.45, 2.75) is 30.3 Å². The van der Waals surface area contributed by atoms with Crippen molar-refractivity contribution < 1.29 is 49.2 Å². The van der Waals surface area contributed by atoms with Gasteiger partial charge in [-0.25, -0.2) is 24.4 Å². The molecule has 1 saturated heterocycles. The van der Waals surface area contributed by atoms with Crippen LogP contribution in [0.1, 0.15) is 37.9 Å². The van der Waals surface area contributed by atoms with E-state index in [2.05, 4.69) is 30.5 Å². The molecule has 2 aliphatic rings. The molecule has 5 heterocycles. The Morgan fingerprint density at radius 1 is 1.10 bits per heavy atom. The van der Waals surface area contributed by atoms with Gasteiger partial charge < -0.3 is 36.3 Å². The summed E-state index contributed by atoms with van der Waals surface area (Å²) in [5.41, 5.74) is 5.90. The lowest BCUT2D eigenvalue weighted by Crippen LogP contribution is -2.71. The number of carbonyl (C=O) groups excluding carboxylic acids is 3. The van der Waals surface area contributed by atoms with E-state index in [1.54, 1.807) is 13.0 Å². The molecule has 0 bridgehead atoms. The maximum atomic E-state index is 13.5. The van der Waals surface area contributed by atoms with Gasteiger partial charge in [0.25, 0.3) is 23.4 Å². The highest BCUT2D eigenvalue weighted by atomic mass is 32.2. The lowest BCUT2D eigenvalue weighted by molar-refractivity contribution is -0.150. The summed E-state index contributed by atoms with van der Waals surface area (Å²) in [5.74, 6) is -6.65. The maximum absolute atomic E-state index is 13.5. The van der Waals surface area contributed by atoms with Gasteiger partial charge >= 0.3 is 17.9 Å². The van der Waals surface area contributed by atoms with Crippen molar-refractivity contribution in [3.05, 3.63) is 63.2 Å². The van der Waals surface area contributed by atoms with Crippen molar-refractivity contribution in [2.75, 3.05) is 17.2 Å². The Balaban J connectivity index is 1.20. The topological polar surface area (TPSA) is 285 Å². The summed E-state index contributed by atoms with van der Waals surface area (Å²) in [6, 6.07) is 2.56. The second-order valence-electron chi connectivity index (χ2n) is 10.6. The molecule has 2 aliphatic heterocycles. The molecular weight excluding hydrogens is 719 g/mol. The number of carboxylic acids is 2. The molecule has 1 aromatic carbocycles. The minimum atomic E-state index is -1.36. The zero-order chi connectivity index (χ0) is 36.0. The zero-order valence-corrected chi connectivity index (χ0v) is 28.0. The van der Waals surface area contributed by atoms with E-state index in [-0.39, 0.29) is 44.9 Å². The number of aromatic hydroxyl groups is 2. The zero-order valence-electron chi connectivity index (χ0n) is 25.5. The average molecular weight is 742 g/mol. The number of fused-ring (bicyclic) bond motifs is 2. The molecule has 1 fully saturated rings. The Kier molecular flexibility index (Phi) is 9.07. The molecule has 0 aliphatic carbocycles. The number of hydrogen-bond donors (Lipinski definition) is 6. The van der Waals surface area contributed by atoms with Crippen molar-refractivity contribution in [1.82, 2.24) is 34.8 Å². The molecule has 19 nitrogen and oxygen atoms in total. The van der Waals surface area contributed by atoms with Crippen LogP contribution in [0.3, 0.4) is 0 Å². The molecule has 0 unspecified atom stereocenters. The molecule has 7 N–H and O–H groups in total. The number of aromatic carboxylic acids is 1. The summed E-state index contributed by atoms with van der Waals surface area (Å²) in [7, 11) is 0. The third kappa shape index (κ3) is 6.37. The Bertz CT molecular complexity index is 2200. The number of nitrogen functional groups attached to an aromatic ring is 1. The number of anilines is 1. The summed E-state index contributed by atoms with van der Waals surface area (Å²) >= 11 is 3.33. The van der Waals surface area contributed by atoms with Crippen LogP contribution in [0, 0.1) is 13.8 Å². The number of aromatic nitrogens is 5. The van der Waals surface area contributed by atoms with Gasteiger partial charge in [0, 0.05) is 22.6 Å². The number of hydrogen-bond acceptors (Lipinski definition) is 17. The monoisotopic (exact) mass is 741 g/mol. The van der Waals surface area contributed by atoms with Crippen LogP contribution in [-0.4, -0.2) is 108 Å². The van der Waals surface area contributed by atoms with Crippen molar-refractivity contribution in [3.63, 3.8) is 0 Å². The number of rotatable bonds is 10. The number of aliphatic carboxylic acids is 1. The van der Waals surface area contributed by atoms with E-state index in [1.807, 2.05) is 0 Å². The van der Waals surface area contributed by atoms with E-state index in [9.17, 15) is 44.4 Å². The normalized spacial score (nSPS) is 17.4. The number of carboxylic acid groups (broad SMARTS) is 2. The van der Waals surface area contributed by atoms with E-state index >= 15 is 0 Å². The van der Waals surface area contributed by atoms with Crippen molar-refractivity contribution in [2.24, 2.45) is 5.16 Å². The number of phenols is 2. The van der Waals surface area contributed by atoms with Gasteiger partial charge in [0.1, 0.15) is 27.8 Å². The van der Waals surface area contributed by atoms with E-state index < -0.39 is 64.2 Å². The molecular formula is C28H23N9O10S3. The van der Waals surface area contributed by atoms with Crippen LogP contribution in [0.5, 0.6) is 11.5 Å². The van der Waals surface area contributed by atoms with E-state index in [4.69, 9.17) is 10.6 Å². The van der Waals surface area contributed by atoms with Crippen molar-refractivity contribution in [3.8, 4) is 11.5 Å². The standard InChI is InChI=1S/C28H23N9O10S3/c1-9-3-14(38)15(39)5-12(9)26(46)47-35-17(13-8-50-27(29)31-13)21(40)32-18-22(41)36-19(24(42)43)11(7-49-23(18)36)6-48-16-4-10(2)30-28-33-20(25(44)45)34-37(16)28/h3-5,8,18,23,38-39H,6-7H2,1-2H3,(H2,29,31)(H,32,40)(H,42,43)(H,44,45)/t18-,23-/m1/s1. The number of thiazole rings is 1. The molecule has 0 radical (unpaired) electrons. The Hall–Kier alpha value is -5.74. The SMILES string of the molecule is Cc1cc(SCC2=C(C(=O)O)N3C(=O)[C@@H](NC(=O)C(=NOC(=O)c4cc(O)c(O)cc4C)c4csc(N)n4)[C@H]3SC2)n2nc(C(=O)O)nc2n1. The predicted octanol–water partition coefficient (Wildman–Crippen LogP) is 0.981. The second kappa shape index (κ2) is 13.3. The minimum Gasteiger partial charge on any atom is -0.504 e. The van der Waals surface area contributed by atoms with Crippen LogP contribution >= 0.6 is 34.9 Å². The molecule has 50 heavy (non-hydrogen) atoms. The van der Waals surface area contributed by atoms with Gasteiger partial charge in [-0.05, 0) is 43.2 Å². The molecule has 3 aromatic heterocycles. The maximum Gasteiger partial charge on any atom is 0.375 e. The number of nitrogens with zero attached hydrogens (tertiary/aromatic N) is 7. The molecule has 258 valence electrons. The number of benzene rings is 1. The second-order valence-corrected chi connectivity index (χ2v) is 13.6. The van der Waals surface area contributed by atoms with Crippen LogP contribution in [0.25, 0.3) is 5.78 Å². The van der Waals surface area contributed by atoms with Gasteiger partial charge in [-0.15, -0.1) is 40.0 Å². The van der Waals surface area contributed by atoms with Crippen LogP contribution in [0.2, 0.25) is 0 Å². The number of thioether (sulfide) groups is 2. The van der Waals surface area contributed by atoms with E-state index in [0.717, 1.165) is 40.1 Å². The Labute approximate surface area is 291 Å². The first-order chi connectivity index (χ1) is 23.7. The number of carbonyl (C=O) groups is 5. The Morgan fingerprint density at radius 2 is 1.84 bits per heavy atom. The van der Waals surface area contributed by atoms with Gasteiger partial charge in [-0.2, -0.15) is 9.50 Å². The summed E-state index contributed by atoms with van der Waals surface area (Å²) in [5, 5.41) is 50.1. The third-order valence-electron chi connectivity index (χ3n) is 7.27. The van der Waals surface area contributed by atoms with Crippen LogP contribution in [0.15, 0.2) is 45.0 Å². The summed E-state index contributed by atoms with van der Waals surface area (Å²) in [4.78, 5) is 81.5. The van der Waals surface area contributed by atoms with Gasteiger partial charge in [-0.1, -0.05) is 5.16 Å². The van der Waals surface area contributed by atoms with Gasteiger partial charge in [0.15, 0.2) is 22.3 Å². The molecule has 2 amide bonds. The first-order valence-corrected chi connectivity index (χ1v) is 17.0. The molecule has 22 heteroatoms. The number of amides is 2. The fourth-order valence-electron chi connectivity index (χ4n) is 4.95. The minimum absolute atomic E-state index is 0.0553. The summed E-state index contributed by atoms with van der Waals surface area (Å²) < 4.78 is 1.24. The van der Waals surface area contributed by atoms with Crippen LogP contribution in [-0.2, 0) is 19.2 Å². The first-order valence-electron chi connectivity index (χ1n) is 14.1. The molecule has 6 rings (SSSR count). The fraction of sp³-hybridized carbons (Fsp3) is 0.214. The van der Waals surface area contributed by atoms with E-state index in [1.165, 1.54) is 28.6 Å². The average Bonchev–Trinajstić information content (AvgIpc) is 3.70. The number of oxime groups is 1. The highest BCUT2D eigenvalue weighted by Crippen LogP contribution is 2.41. The van der Waals surface area contributed by atoms with Crippen molar-refractivity contribution >= 4 is 81.2 Å². The molecule has 0 spiro atoms. The first kappa shape index (κ1) is 34.1. The van der Waals surface area contributed by atoms with Gasteiger partial charge in [-0.3, -0.25) is 14.5 Å². The number of aryl methyl sites for hydroxylation is 2. The smallest absolute Gasteiger partial charge is 0.375 e. The van der Waals surface area contributed by atoms with Crippen LogP contribution in [0.4, 0.5) is 5.13 Å².